The molecule has 0 saturated carbocycles. The molecule has 0 unspecified atom stereocenters. The first-order valence-corrected chi connectivity index (χ1v) is 15.1. The molecule has 0 heterocycles. The molecule has 0 fully saturated rings. The number of ether oxygens (including phenoxy) is 5. The van der Waals surface area contributed by atoms with Crippen LogP contribution in [-0.2, 0) is 33.6 Å². The normalized spacial score (nSPS) is 10.8. The SMILES string of the molecule is CON(C)C(=O)c1ccc(C(=O)N(C)OC)c(OCCOCCOCCOCCOc2cc(C(=O)N(C)OC)ccc2C(=O)N(C)OC)c1. The highest BCUT2D eigenvalue weighted by atomic mass is 16.7. The minimum absolute atomic E-state index is 0.104. The van der Waals surface area contributed by atoms with E-state index in [1.807, 2.05) is 0 Å². The number of hydroxylamine groups is 8. The Bertz CT molecular complexity index is 1280. The van der Waals surface area contributed by atoms with E-state index in [-0.39, 0.29) is 73.4 Å². The zero-order valence-corrected chi connectivity index (χ0v) is 29.2. The Morgan fingerprint density at radius 1 is 0.449 bits per heavy atom. The third kappa shape index (κ3) is 12.6. The van der Waals surface area contributed by atoms with Crippen LogP contribution in [0.4, 0.5) is 0 Å². The lowest BCUT2D eigenvalue weighted by molar-refractivity contribution is -0.0761. The fourth-order valence-corrected chi connectivity index (χ4v) is 3.90. The van der Waals surface area contributed by atoms with E-state index in [1.54, 1.807) is 0 Å². The molecule has 49 heavy (non-hydrogen) atoms. The van der Waals surface area contributed by atoms with Gasteiger partial charge in [0.25, 0.3) is 23.6 Å². The summed E-state index contributed by atoms with van der Waals surface area (Å²) in [6, 6.07) is 8.88. The van der Waals surface area contributed by atoms with Crippen molar-refractivity contribution in [1.29, 1.82) is 0 Å². The van der Waals surface area contributed by atoms with E-state index in [1.165, 1.54) is 93.0 Å². The Morgan fingerprint density at radius 2 is 0.735 bits per heavy atom. The van der Waals surface area contributed by atoms with Crippen molar-refractivity contribution in [3.63, 3.8) is 0 Å². The Balaban J connectivity index is 1.74. The van der Waals surface area contributed by atoms with E-state index >= 15 is 0 Å². The summed E-state index contributed by atoms with van der Waals surface area (Å²) in [5.74, 6) is -1.35. The van der Waals surface area contributed by atoms with Crippen molar-refractivity contribution in [2.75, 3.05) is 109 Å². The molecule has 272 valence electrons. The fourth-order valence-electron chi connectivity index (χ4n) is 3.90. The molecule has 0 atom stereocenters. The van der Waals surface area contributed by atoms with E-state index in [2.05, 4.69) is 0 Å². The number of hydrogen-bond acceptors (Lipinski definition) is 13. The molecule has 0 aliphatic carbocycles. The van der Waals surface area contributed by atoms with E-state index in [0.29, 0.717) is 13.2 Å². The summed E-state index contributed by atoms with van der Waals surface area (Å²) in [5.41, 5.74) is 0.956. The lowest BCUT2D eigenvalue weighted by Gasteiger charge is -2.19. The molecule has 2 rings (SSSR count). The molecule has 0 bridgehead atoms. The summed E-state index contributed by atoms with van der Waals surface area (Å²) in [5, 5.41) is 4.20. The van der Waals surface area contributed by atoms with E-state index in [4.69, 9.17) is 43.0 Å². The van der Waals surface area contributed by atoms with Crippen LogP contribution in [0.5, 0.6) is 11.5 Å². The average Bonchev–Trinajstić information content (AvgIpc) is 3.13. The Morgan fingerprint density at radius 3 is 1.04 bits per heavy atom. The Hall–Kier alpha value is -4.36. The van der Waals surface area contributed by atoms with Gasteiger partial charge in [-0.25, -0.2) is 20.3 Å². The maximum absolute atomic E-state index is 12.7. The van der Waals surface area contributed by atoms with Crippen molar-refractivity contribution in [2.45, 2.75) is 0 Å². The first kappa shape index (κ1) is 40.8. The monoisotopic (exact) mass is 694 g/mol. The van der Waals surface area contributed by atoms with Gasteiger partial charge in [-0.2, -0.15) is 0 Å². The van der Waals surface area contributed by atoms with Gasteiger partial charge in [-0.3, -0.25) is 38.5 Å². The summed E-state index contributed by atoms with van der Waals surface area (Å²) in [4.78, 5) is 70.2. The predicted molar refractivity (Wildman–Crippen MR) is 173 cm³/mol. The summed E-state index contributed by atoms with van der Waals surface area (Å²) in [6.45, 7) is 1.75. The van der Waals surface area contributed by atoms with Gasteiger partial charge in [0.1, 0.15) is 24.7 Å². The molecule has 0 aliphatic rings. The average molecular weight is 695 g/mol. The molecule has 2 aromatic carbocycles. The van der Waals surface area contributed by atoms with Gasteiger partial charge < -0.3 is 23.7 Å². The van der Waals surface area contributed by atoms with E-state index < -0.39 is 23.6 Å². The second-order valence-corrected chi connectivity index (χ2v) is 9.90. The van der Waals surface area contributed by atoms with Crippen molar-refractivity contribution in [2.24, 2.45) is 0 Å². The maximum Gasteiger partial charge on any atom is 0.280 e. The fraction of sp³-hybridized carbons (Fsp3) is 0.500. The van der Waals surface area contributed by atoms with Gasteiger partial charge in [-0.1, -0.05) is 0 Å². The molecule has 0 spiro atoms. The molecule has 17 nitrogen and oxygen atoms in total. The van der Waals surface area contributed by atoms with Crippen molar-refractivity contribution >= 4 is 23.6 Å². The number of carbonyl (C=O) groups is 4. The molecule has 0 N–H and O–H groups in total. The van der Waals surface area contributed by atoms with Crippen molar-refractivity contribution in [1.82, 2.24) is 20.3 Å². The van der Waals surface area contributed by atoms with Gasteiger partial charge in [0.2, 0.25) is 0 Å². The van der Waals surface area contributed by atoms with Crippen LogP contribution in [-0.4, -0.2) is 153 Å². The highest BCUT2D eigenvalue weighted by Gasteiger charge is 2.22. The van der Waals surface area contributed by atoms with Crippen LogP contribution in [0.3, 0.4) is 0 Å². The standard InChI is InChI=1S/C32H46N4O13/c1-33(41-5)29(37)23-9-11-25(31(39)35(3)43-7)27(21-23)48-19-17-46-15-13-45-14-16-47-18-20-49-28-22-24(30(38)34(2)42-6)10-12-26(28)32(40)36(4)44-8/h9-12,21-22H,13-20H2,1-8H3. The quantitative estimate of drug-likeness (QED) is 0.129. The van der Waals surface area contributed by atoms with Crippen LogP contribution >= 0.6 is 0 Å². The lowest BCUT2D eigenvalue weighted by atomic mass is 10.1. The minimum atomic E-state index is -0.453. The van der Waals surface area contributed by atoms with Crippen molar-refractivity contribution < 1.29 is 62.2 Å². The van der Waals surface area contributed by atoms with Gasteiger partial charge in [-0.15, -0.1) is 0 Å². The number of nitrogens with zero attached hydrogens (tertiary/aromatic N) is 4. The second kappa shape index (κ2) is 21.6. The number of amides is 4. The zero-order chi connectivity index (χ0) is 36.3. The molecule has 0 saturated heterocycles. The smallest absolute Gasteiger partial charge is 0.280 e. The zero-order valence-electron chi connectivity index (χ0n) is 29.2. The van der Waals surface area contributed by atoms with E-state index in [9.17, 15) is 19.2 Å². The van der Waals surface area contributed by atoms with Crippen LogP contribution in [0.25, 0.3) is 0 Å². The summed E-state index contributed by atoms with van der Waals surface area (Å²) in [7, 11) is 11.3. The van der Waals surface area contributed by atoms with Crippen LogP contribution in [0, 0.1) is 0 Å². The number of carbonyl (C=O) groups excluding carboxylic acids is 4. The molecular formula is C32H46N4O13. The Kier molecular flexibility index (Phi) is 18.0. The summed E-state index contributed by atoms with van der Waals surface area (Å²) >= 11 is 0. The third-order valence-electron chi connectivity index (χ3n) is 6.87. The molecule has 0 aromatic heterocycles. The molecule has 0 aliphatic heterocycles. The minimum Gasteiger partial charge on any atom is -0.490 e. The predicted octanol–water partition coefficient (Wildman–Crippen LogP) is 1.73. The lowest BCUT2D eigenvalue weighted by Crippen LogP contribution is -2.27. The van der Waals surface area contributed by atoms with Gasteiger partial charge in [0.15, 0.2) is 0 Å². The summed E-state index contributed by atoms with van der Waals surface area (Å²) in [6.07, 6.45) is 0. The maximum atomic E-state index is 12.7. The molecule has 4 amide bonds. The number of rotatable bonds is 22. The molecule has 0 radical (unpaired) electrons. The van der Waals surface area contributed by atoms with E-state index in [0.717, 1.165) is 20.3 Å². The molecule has 17 heteroatoms. The van der Waals surface area contributed by atoms with Crippen molar-refractivity contribution in [3.8, 4) is 11.5 Å². The molecule has 2 aromatic rings. The first-order valence-electron chi connectivity index (χ1n) is 15.1. The highest BCUT2D eigenvalue weighted by molar-refractivity contribution is 6.00. The van der Waals surface area contributed by atoms with Crippen LogP contribution in [0.2, 0.25) is 0 Å². The number of benzene rings is 2. The van der Waals surface area contributed by atoms with Gasteiger partial charge in [0.05, 0.1) is 79.2 Å². The summed E-state index contributed by atoms with van der Waals surface area (Å²) < 4.78 is 28.2. The third-order valence-corrected chi connectivity index (χ3v) is 6.87. The van der Waals surface area contributed by atoms with Crippen molar-refractivity contribution in [3.05, 3.63) is 58.7 Å². The van der Waals surface area contributed by atoms with Crippen LogP contribution in [0.15, 0.2) is 36.4 Å². The van der Waals surface area contributed by atoms with Gasteiger partial charge in [0, 0.05) is 39.3 Å². The second-order valence-electron chi connectivity index (χ2n) is 9.90. The highest BCUT2D eigenvalue weighted by Crippen LogP contribution is 2.24. The number of hydrogen-bond donors (Lipinski definition) is 0. The van der Waals surface area contributed by atoms with Crippen LogP contribution in [0.1, 0.15) is 41.4 Å². The largest absolute Gasteiger partial charge is 0.490 e. The van der Waals surface area contributed by atoms with Crippen LogP contribution < -0.4 is 9.47 Å². The Labute approximate surface area is 285 Å². The van der Waals surface area contributed by atoms with Gasteiger partial charge in [-0.05, 0) is 36.4 Å². The molecular weight excluding hydrogens is 648 g/mol. The first-order chi connectivity index (χ1) is 23.5. The van der Waals surface area contributed by atoms with Gasteiger partial charge >= 0.3 is 0 Å². The topological polar surface area (TPSA) is 164 Å².